The highest BCUT2D eigenvalue weighted by Crippen LogP contribution is 2.37. The zero-order valence-electron chi connectivity index (χ0n) is 17.3. The standard InChI is InChI=1S/C23H17N5O3S2/c1-31-20-13-16(23-26-10-11-32-23)2-4-19(20)22-18-5-3-17(12-15(18)6-9-25-22)33(29,30)28-21-7-8-24-14-27-21/h2-14H,1H3,(H,24,27,28). The second kappa shape index (κ2) is 8.57. The lowest BCUT2D eigenvalue weighted by atomic mass is 10.0. The van der Waals surface area contributed by atoms with Gasteiger partial charge in [-0.25, -0.2) is 23.4 Å². The van der Waals surface area contributed by atoms with Crippen molar-refractivity contribution < 1.29 is 13.2 Å². The number of rotatable bonds is 6. The van der Waals surface area contributed by atoms with Gasteiger partial charge < -0.3 is 4.74 Å². The van der Waals surface area contributed by atoms with Gasteiger partial charge in [0.2, 0.25) is 0 Å². The molecule has 1 N–H and O–H groups in total. The van der Waals surface area contributed by atoms with Crippen molar-refractivity contribution in [2.45, 2.75) is 4.90 Å². The van der Waals surface area contributed by atoms with E-state index < -0.39 is 10.0 Å². The van der Waals surface area contributed by atoms with Gasteiger partial charge in [-0.3, -0.25) is 9.71 Å². The van der Waals surface area contributed by atoms with E-state index in [4.69, 9.17) is 4.74 Å². The van der Waals surface area contributed by atoms with Crippen LogP contribution in [0.25, 0.3) is 32.6 Å². The van der Waals surface area contributed by atoms with Crippen LogP contribution in [-0.4, -0.2) is 35.5 Å². The Balaban J connectivity index is 1.56. The van der Waals surface area contributed by atoms with E-state index >= 15 is 0 Å². The fraction of sp³-hybridized carbons (Fsp3) is 0.0435. The minimum Gasteiger partial charge on any atom is -0.496 e. The molecule has 0 aliphatic carbocycles. The maximum atomic E-state index is 12.8. The lowest BCUT2D eigenvalue weighted by Gasteiger charge is -2.13. The summed E-state index contributed by atoms with van der Waals surface area (Å²) in [5, 5.41) is 4.36. The molecule has 10 heteroatoms. The SMILES string of the molecule is COc1cc(-c2nccs2)ccc1-c1nccc2cc(S(=O)(=O)Nc3ccncn3)ccc12. The number of hydrogen-bond acceptors (Lipinski definition) is 8. The van der Waals surface area contributed by atoms with Crippen molar-refractivity contribution in [1.82, 2.24) is 19.9 Å². The van der Waals surface area contributed by atoms with E-state index in [2.05, 4.69) is 24.7 Å². The Morgan fingerprint density at radius 2 is 1.85 bits per heavy atom. The number of nitrogens with zero attached hydrogens (tertiary/aromatic N) is 4. The lowest BCUT2D eigenvalue weighted by molar-refractivity contribution is 0.416. The van der Waals surface area contributed by atoms with E-state index in [-0.39, 0.29) is 10.7 Å². The second-order valence-corrected chi connectivity index (χ2v) is 9.57. The Bertz CT molecular complexity index is 1540. The summed E-state index contributed by atoms with van der Waals surface area (Å²) in [5.41, 5.74) is 2.45. The third-order valence-electron chi connectivity index (χ3n) is 5.00. The van der Waals surface area contributed by atoms with Gasteiger partial charge in [-0.2, -0.15) is 0 Å². The molecule has 0 saturated carbocycles. The fourth-order valence-corrected chi connectivity index (χ4v) is 5.15. The molecular formula is C23H17N5O3S2. The number of pyridine rings is 1. The van der Waals surface area contributed by atoms with Gasteiger partial charge in [0, 0.05) is 40.5 Å². The number of hydrogen-bond donors (Lipinski definition) is 1. The molecule has 0 amide bonds. The van der Waals surface area contributed by atoms with E-state index in [0.717, 1.165) is 26.9 Å². The molecule has 3 heterocycles. The molecule has 5 aromatic rings. The zero-order valence-corrected chi connectivity index (χ0v) is 19.0. The van der Waals surface area contributed by atoms with Crippen LogP contribution in [0, 0.1) is 0 Å². The Morgan fingerprint density at radius 1 is 0.939 bits per heavy atom. The van der Waals surface area contributed by atoms with Crippen molar-refractivity contribution in [2.24, 2.45) is 0 Å². The summed E-state index contributed by atoms with van der Waals surface area (Å²) < 4.78 is 33.8. The molecule has 0 unspecified atom stereocenters. The Hall–Kier alpha value is -3.89. The molecule has 0 aliphatic heterocycles. The number of fused-ring (bicyclic) bond motifs is 1. The molecule has 8 nitrogen and oxygen atoms in total. The maximum absolute atomic E-state index is 12.8. The highest BCUT2D eigenvalue weighted by atomic mass is 32.2. The van der Waals surface area contributed by atoms with Crippen LogP contribution in [-0.2, 0) is 10.0 Å². The van der Waals surface area contributed by atoms with E-state index in [0.29, 0.717) is 11.4 Å². The third kappa shape index (κ3) is 4.13. The van der Waals surface area contributed by atoms with Gasteiger partial charge in [0.15, 0.2) is 0 Å². The predicted octanol–water partition coefficient (Wildman–Crippen LogP) is 4.62. The average molecular weight is 476 g/mol. The topological polar surface area (TPSA) is 107 Å². The van der Waals surface area contributed by atoms with Crippen molar-refractivity contribution in [3.05, 3.63) is 78.8 Å². The zero-order chi connectivity index (χ0) is 22.8. The second-order valence-electron chi connectivity index (χ2n) is 6.99. The molecular weight excluding hydrogens is 458 g/mol. The van der Waals surface area contributed by atoms with Crippen LogP contribution in [0.5, 0.6) is 5.75 Å². The molecule has 3 aromatic heterocycles. The van der Waals surface area contributed by atoms with Crippen molar-refractivity contribution in [1.29, 1.82) is 0 Å². The monoisotopic (exact) mass is 475 g/mol. The van der Waals surface area contributed by atoms with Gasteiger partial charge >= 0.3 is 0 Å². The largest absolute Gasteiger partial charge is 0.496 e. The molecule has 0 fully saturated rings. The fourth-order valence-electron chi connectivity index (χ4n) is 3.47. The first kappa shape index (κ1) is 21.0. The Kier molecular flexibility index (Phi) is 5.45. The molecule has 2 aromatic carbocycles. The van der Waals surface area contributed by atoms with Crippen LogP contribution in [0.1, 0.15) is 0 Å². The normalized spacial score (nSPS) is 11.4. The maximum Gasteiger partial charge on any atom is 0.263 e. The highest BCUT2D eigenvalue weighted by molar-refractivity contribution is 7.92. The van der Waals surface area contributed by atoms with Crippen molar-refractivity contribution in [3.63, 3.8) is 0 Å². The van der Waals surface area contributed by atoms with Crippen molar-refractivity contribution in [2.75, 3.05) is 11.8 Å². The number of methoxy groups -OCH3 is 1. The Labute approximate surface area is 194 Å². The van der Waals surface area contributed by atoms with E-state index in [1.54, 1.807) is 55.1 Å². The molecule has 0 radical (unpaired) electrons. The van der Waals surface area contributed by atoms with Gasteiger partial charge in [0.25, 0.3) is 10.0 Å². The van der Waals surface area contributed by atoms with Gasteiger partial charge in [0.1, 0.15) is 22.9 Å². The summed E-state index contributed by atoms with van der Waals surface area (Å²) in [5.74, 6) is 0.857. The minimum absolute atomic E-state index is 0.122. The van der Waals surface area contributed by atoms with Crippen molar-refractivity contribution >= 4 is 38.0 Å². The summed E-state index contributed by atoms with van der Waals surface area (Å²) in [6.07, 6.45) is 6.16. The lowest BCUT2D eigenvalue weighted by Crippen LogP contribution is -2.13. The van der Waals surface area contributed by atoms with Gasteiger partial charge in [-0.05, 0) is 41.8 Å². The van der Waals surface area contributed by atoms with E-state index in [1.165, 1.54) is 18.6 Å². The number of thiazole rings is 1. The van der Waals surface area contributed by atoms with E-state index in [9.17, 15) is 8.42 Å². The summed E-state index contributed by atoms with van der Waals surface area (Å²) in [6.45, 7) is 0. The van der Waals surface area contributed by atoms with Crippen LogP contribution in [0.4, 0.5) is 5.82 Å². The van der Waals surface area contributed by atoms with Gasteiger partial charge in [-0.1, -0.05) is 12.1 Å². The predicted molar refractivity (Wildman–Crippen MR) is 128 cm³/mol. The van der Waals surface area contributed by atoms with Crippen LogP contribution < -0.4 is 9.46 Å². The summed E-state index contributed by atoms with van der Waals surface area (Å²) in [7, 11) is -2.21. The highest BCUT2D eigenvalue weighted by Gasteiger charge is 2.18. The van der Waals surface area contributed by atoms with Gasteiger partial charge in [-0.15, -0.1) is 11.3 Å². The number of anilines is 1. The molecule has 0 bridgehead atoms. The Morgan fingerprint density at radius 3 is 2.61 bits per heavy atom. The average Bonchev–Trinajstić information content (AvgIpc) is 3.38. The third-order valence-corrected chi connectivity index (χ3v) is 7.18. The molecule has 0 spiro atoms. The molecule has 0 atom stereocenters. The smallest absolute Gasteiger partial charge is 0.263 e. The van der Waals surface area contributed by atoms with E-state index in [1.807, 2.05) is 23.6 Å². The first-order chi connectivity index (χ1) is 16.0. The molecule has 0 aliphatic rings. The molecule has 33 heavy (non-hydrogen) atoms. The number of aromatic nitrogens is 4. The first-order valence-corrected chi connectivity index (χ1v) is 12.2. The number of benzene rings is 2. The first-order valence-electron chi connectivity index (χ1n) is 9.81. The molecule has 164 valence electrons. The number of nitrogens with one attached hydrogen (secondary N) is 1. The molecule has 5 rings (SSSR count). The van der Waals surface area contributed by atoms with Crippen molar-refractivity contribution in [3.8, 4) is 27.6 Å². The quantitative estimate of drug-likeness (QED) is 0.382. The van der Waals surface area contributed by atoms with Crippen LogP contribution in [0.15, 0.2) is 83.7 Å². The van der Waals surface area contributed by atoms with Gasteiger partial charge in [0.05, 0.1) is 17.7 Å². The number of ether oxygens (including phenoxy) is 1. The van der Waals surface area contributed by atoms with Crippen LogP contribution in [0.2, 0.25) is 0 Å². The summed E-state index contributed by atoms with van der Waals surface area (Å²) in [4.78, 5) is 16.8. The van der Waals surface area contributed by atoms with Crippen LogP contribution >= 0.6 is 11.3 Å². The number of sulfonamides is 1. The minimum atomic E-state index is -3.82. The van der Waals surface area contributed by atoms with Crippen LogP contribution in [0.3, 0.4) is 0 Å². The summed E-state index contributed by atoms with van der Waals surface area (Å²) >= 11 is 1.55. The molecule has 0 saturated heterocycles. The summed E-state index contributed by atoms with van der Waals surface area (Å²) in [6, 6.07) is 14.0.